The van der Waals surface area contributed by atoms with Crippen LogP contribution in [0.5, 0.6) is 0 Å². The van der Waals surface area contributed by atoms with Gasteiger partial charge in [-0.15, -0.1) is 0 Å². The van der Waals surface area contributed by atoms with Gasteiger partial charge in [-0.25, -0.2) is 9.97 Å². The number of carbonyl (C=O) groups excluding carboxylic acids is 1. The van der Waals surface area contributed by atoms with Gasteiger partial charge in [-0.2, -0.15) is 0 Å². The molecule has 2 atom stereocenters. The second-order valence-corrected chi connectivity index (χ2v) is 8.90. The lowest BCUT2D eigenvalue weighted by atomic mass is 9.89. The van der Waals surface area contributed by atoms with Crippen molar-refractivity contribution in [3.63, 3.8) is 0 Å². The second kappa shape index (κ2) is 7.71. The number of amides is 1. The van der Waals surface area contributed by atoms with Crippen LogP contribution in [0, 0.1) is 0 Å². The molecule has 6 rings (SSSR count). The van der Waals surface area contributed by atoms with E-state index in [0.29, 0.717) is 12.8 Å². The minimum absolute atomic E-state index is 0.0945. The van der Waals surface area contributed by atoms with E-state index in [1.807, 2.05) is 47.4 Å². The Bertz CT molecular complexity index is 1110. The monoisotopic (exact) mass is 426 g/mol. The predicted octanol–water partition coefficient (Wildman–Crippen LogP) is 4.20. The number of nitrogens with zero attached hydrogens (tertiary/aromatic N) is 4. The molecule has 0 aliphatic carbocycles. The highest BCUT2D eigenvalue weighted by atomic mass is 16.6. The summed E-state index contributed by atoms with van der Waals surface area (Å²) in [4.78, 5) is 26.8. The highest BCUT2D eigenvalue weighted by Crippen LogP contribution is 2.47. The Balaban J connectivity index is 1.18. The fourth-order valence-corrected chi connectivity index (χ4v) is 5.43. The van der Waals surface area contributed by atoms with E-state index in [9.17, 15) is 4.79 Å². The number of carbonyl (C=O) groups is 1. The summed E-state index contributed by atoms with van der Waals surface area (Å²) in [5.74, 6) is 1.07. The van der Waals surface area contributed by atoms with Crippen molar-refractivity contribution in [2.24, 2.45) is 0 Å². The molecular weight excluding hydrogens is 400 g/mol. The van der Waals surface area contributed by atoms with Crippen LogP contribution < -0.4 is 4.90 Å². The van der Waals surface area contributed by atoms with Gasteiger partial charge in [0.25, 0.3) is 5.91 Å². The summed E-state index contributed by atoms with van der Waals surface area (Å²) in [5.41, 5.74) is 2.50. The predicted molar refractivity (Wildman–Crippen MR) is 122 cm³/mol. The normalized spacial score (nSPS) is 24.2. The molecule has 1 spiro atoms. The lowest BCUT2D eigenvalue weighted by Crippen LogP contribution is -2.50. The lowest BCUT2D eigenvalue weighted by Gasteiger charge is -2.38. The quantitative estimate of drug-likeness (QED) is 0.628. The average molecular weight is 427 g/mol. The molecule has 3 saturated heterocycles. The molecule has 3 aromatic rings. The van der Waals surface area contributed by atoms with E-state index in [0.717, 1.165) is 43.0 Å². The molecule has 0 radical (unpaired) electrons. The van der Waals surface area contributed by atoms with E-state index in [1.165, 1.54) is 5.56 Å². The molecule has 3 aliphatic rings. The Morgan fingerprint density at radius 1 is 0.906 bits per heavy atom. The maximum absolute atomic E-state index is 13.6. The van der Waals surface area contributed by atoms with E-state index in [1.54, 1.807) is 6.33 Å². The molecule has 3 fully saturated rings. The lowest BCUT2D eigenvalue weighted by molar-refractivity contribution is -0.140. The zero-order valence-electron chi connectivity index (χ0n) is 17.9. The van der Waals surface area contributed by atoms with Gasteiger partial charge in [-0.3, -0.25) is 4.79 Å². The van der Waals surface area contributed by atoms with Crippen LogP contribution in [0.15, 0.2) is 73.1 Å². The molecule has 0 bridgehead atoms. The van der Waals surface area contributed by atoms with Gasteiger partial charge in [0.05, 0.1) is 11.7 Å². The Labute approximate surface area is 187 Å². The smallest absolute Gasteiger partial charge is 0.257 e. The summed E-state index contributed by atoms with van der Waals surface area (Å²) in [7, 11) is 0. The standard InChI is InChI=1S/C26H26N4O2/c31-25-26(32-24-12-11-22(30(24)25)20-9-5-2-6-10-20)13-15-29(16-14-26)23-17-21(27-18-28-23)19-7-3-1-4-8-19/h1-10,17-18,22,24H,11-16H2/t22-,24+/m0/s1. The van der Waals surface area contributed by atoms with Crippen molar-refractivity contribution in [2.75, 3.05) is 18.0 Å². The minimum atomic E-state index is -0.691. The summed E-state index contributed by atoms with van der Waals surface area (Å²) in [6, 6.07) is 22.6. The number of piperidine rings is 1. The molecule has 2 aromatic carbocycles. The Morgan fingerprint density at radius 3 is 2.38 bits per heavy atom. The number of hydrogen-bond donors (Lipinski definition) is 0. The zero-order chi connectivity index (χ0) is 21.5. The van der Waals surface area contributed by atoms with E-state index >= 15 is 0 Å². The summed E-state index contributed by atoms with van der Waals surface area (Å²) in [6.45, 7) is 1.49. The van der Waals surface area contributed by atoms with Gasteiger partial charge in [-0.05, 0) is 18.4 Å². The van der Waals surface area contributed by atoms with Gasteiger partial charge in [0.2, 0.25) is 0 Å². The molecule has 6 heteroatoms. The van der Waals surface area contributed by atoms with E-state index in [-0.39, 0.29) is 18.2 Å². The first-order valence-corrected chi connectivity index (χ1v) is 11.4. The van der Waals surface area contributed by atoms with Crippen molar-refractivity contribution in [1.82, 2.24) is 14.9 Å². The molecule has 32 heavy (non-hydrogen) atoms. The number of fused-ring (bicyclic) bond motifs is 1. The molecule has 0 unspecified atom stereocenters. The van der Waals surface area contributed by atoms with Crippen LogP contribution in [0.1, 0.15) is 37.3 Å². The molecular formula is C26H26N4O2. The Hall–Kier alpha value is -3.25. The van der Waals surface area contributed by atoms with Crippen LogP contribution in [0.2, 0.25) is 0 Å². The van der Waals surface area contributed by atoms with Gasteiger partial charge in [0.15, 0.2) is 5.60 Å². The molecule has 0 saturated carbocycles. The van der Waals surface area contributed by atoms with Crippen molar-refractivity contribution in [3.8, 4) is 11.3 Å². The first-order valence-electron chi connectivity index (χ1n) is 11.4. The van der Waals surface area contributed by atoms with Gasteiger partial charge < -0.3 is 14.5 Å². The fraction of sp³-hybridized carbons (Fsp3) is 0.346. The molecule has 4 heterocycles. The van der Waals surface area contributed by atoms with E-state index in [4.69, 9.17) is 4.74 Å². The summed E-state index contributed by atoms with van der Waals surface area (Å²) < 4.78 is 6.47. The number of benzene rings is 2. The van der Waals surface area contributed by atoms with Crippen molar-refractivity contribution in [3.05, 3.63) is 78.6 Å². The molecule has 1 amide bonds. The van der Waals surface area contributed by atoms with E-state index < -0.39 is 5.60 Å². The third kappa shape index (κ3) is 3.17. The SMILES string of the molecule is O=C1N2[C@@H](CC[C@H]2c2ccccc2)OC12CCN(c1cc(-c3ccccc3)ncn1)CC2. The van der Waals surface area contributed by atoms with Crippen LogP contribution >= 0.6 is 0 Å². The van der Waals surface area contributed by atoms with Crippen molar-refractivity contribution in [1.29, 1.82) is 0 Å². The number of ether oxygens (including phenoxy) is 1. The molecule has 6 nitrogen and oxygen atoms in total. The van der Waals surface area contributed by atoms with Crippen LogP contribution in [0.4, 0.5) is 5.82 Å². The third-order valence-electron chi connectivity index (χ3n) is 7.12. The van der Waals surface area contributed by atoms with Gasteiger partial charge >= 0.3 is 0 Å². The second-order valence-electron chi connectivity index (χ2n) is 8.90. The largest absolute Gasteiger partial charge is 0.356 e. The zero-order valence-corrected chi connectivity index (χ0v) is 17.9. The van der Waals surface area contributed by atoms with Gasteiger partial charge in [-0.1, -0.05) is 60.7 Å². The van der Waals surface area contributed by atoms with Crippen molar-refractivity contribution in [2.45, 2.75) is 43.6 Å². The first-order chi connectivity index (χ1) is 15.7. The van der Waals surface area contributed by atoms with Gasteiger partial charge in [0, 0.05) is 37.6 Å². The van der Waals surface area contributed by atoms with Crippen molar-refractivity contribution >= 4 is 11.7 Å². The highest BCUT2D eigenvalue weighted by Gasteiger charge is 2.57. The molecule has 1 aromatic heterocycles. The highest BCUT2D eigenvalue weighted by molar-refractivity contribution is 5.88. The Kier molecular flexibility index (Phi) is 4.68. The summed E-state index contributed by atoms with van der Waals surface area (Å²) in [5, 5.41) is 0. The van der Waals surface area contributed by atoms with Gasteiger partial charge in [0.1, 0.15) is 18.4 Å². The topological polar surface area (TPSA) is 58.6 Å². The fourth-order valence-electron chi connectivity index (χ4n) is 5.43. The number of anilines is 1. The Morgan fingerprint density at radius 2 is 1.62 bits per heavy atom. The van der Waals surface area contributed by atoms with Crippen LogP contribution in [-0.2, 0) is 9.53 Å². The minimum Gasteiger partial charge on any atom is -0.356 e. The molecule has 3 aliphatic heterocycles. The van der Waals surface area contributed by atoms with Crippen LogP contribution in [0.3, 0.4) is 0 Å². The molecule has 0 N–H and O–H groups in total. The maximum Gasteiger partial charge on any atom is 0.257 e. The van der Waals surface area contributed by atoms with Crippen LogP contribution in [-0.4, -0.2) is 45.7 Å². The molecule has 162 valence electrons. The number of aromatic nitrogens is 2. The summed E-state index contributed by atoms with van der Waals surface area (Å²) in [6.07, 6.45) is 4.77. The van der Waals surface area contributed by atoms with E-state index in [2.05, 4.69) is 39.1 Å². The van der Waals surface area contributed by atoms with Crippen LogP contribution in [0.25, 0.3) is 11.3 Å². The number of rotatable bonds is 3. The number of hydrogen-bond acceptors (Lipinski definition) is 5. The average Bonchev–Trinajstić information content (AvgIpc) is 3.39. The summed E-state index contributed by atoms with van der Waals surface area (Å²) >= 11 is 0. The third-order valence-corrected chi connectivity index (χ3v) is 7.12. The maximum atomic E-state index is 13.6. The first kappa shape index (κ1) is 19.4. The van der Waals surface area contributed by atoms with Crippen molar-refractivity contribution < 1.29 is 9.53 Å².